The van der Waals surface area contributed by atoms with Crippen molar-refractivity contribution in [1.82, 2.24) is 4.98 Å². The summed E-state index contributed by atoms with van der Waals surface area (Å²) in [4.78, 5) is 15.2. The van der Waals surface area contributed by atoms with Crippen LogP contribution in [-0.4, -0.2) is 17.6 Å². The molecule has 0 aromatic carbocycles. The summed E-state index contributed by atoms with van der Waals surface area (Å²) in [5.74, 6) is -0.465. The van der Waals surface area contributed by atoms with Crippen LogP contribution in [0.3, 0.4) is 0 Å². The Labute approximate surface area is 117 Å². The number of nitrogens with zero attached hydrogens (tertiary/aromatic N) is 1. The summed E-state index contributed by atoms with van der Waals surface area (Å²) >= 11 is 8.82. The minimum atomic E-state index is -2.69. The molecule has 0 atom stereocenters. The van der Waals surface area contributed by atoms with Crippen molar-refractivity contribution in [2.75, 3.05) is 6.61 Å². The number of carbonyl (C=O) groups excluding carboxylic acids is 1. The quantitative estimate of drug-likeness (QED) is 0.465. The van der Waals surface area contributed by atoms with Gasteiger partial charge in [0.05, 0.1) is 24.3 Å². The Hall–Kier alpha value is -0.750. The smallest absolute Gasteiger partial charge is 0.311 e. The summed E-state index contributed by atoms with van der Waals surface area (Å²) in [6, 6.07) is 1.25. The number of hydrogen-bond donors (Lipinski definition) is 0. The maximum Gasteiger partial charge on any atom is 0.311 e. The van der Waals surface area contributed by atoms with Gasteiger partial charge in [-0.2, -0.15) is 0 Å². The van der Waals surface area contributed by atoms with Crippen molar-refractivity contribution in [3.8, 4) is 0 Å². The Kier molecular flexibility index (Phi) is 5.95. The van der Waals surface area contributed by atoms with Crippen LogP contribution < -0.4 is 0 Å². The fourth-order valence-electron chi connectivity index (χ4n) is 1.36. The van der Waals surface area contributed by atoms with Gasteiger partial charge in [0.1, 0.15) is 5.15 Å². The van der Waals surface area contributed by atoms with Gasteiger partial charge < -0.3 is 4.74 Å². The highest BCUT2D eigenvalue weighted by molar-refractivity contribution is 9.08. The second-order valence-corrected chi connectivity index (χ2v) is 4.31. The summed E-state index contributed by atoms with van der Waals surface area (Å²) < 4.78 is 30.0. The van der Waals surface area contributed by atoms with Gasteiger partial charge in [0.15, 0.2) is 0 Å². The van der Waals surface area contributed by atoms with Crippen LogP contribution in [0.2, 0.25) is 5.15 Å². The fourth-order valence-corrected chi connectivity index (χ4v) is 2.08. The van der Waals surface area contributed by atoms with Crippen LogP contribution in [0.5, 0.6) is 0 Å². The van der Waals surface area contributed by atoms with Gasteiger partial charge in [-0.3, -0.25) is 4.79 Å². The molecule has 0 spiro atoms. The van der Waals surface area contributed by atoms with Crippen LogP contribution in [0.4, 0.5) is 8.78 Å². The predicted molar refractivity (Wildman–Crippen MR) is 67.2 cm³/mol. The van der Waals surface area contributed by atoms with Crippen molar-refractivity contribution in [3.05, 3.63) is 28.0 Å². The molecule has 1 rings (SSSR count). The van der Waals surface area contributed by atoms with Crippen LogP contribution in [0.1, 0.15) is 30.2 Å². The molecule has 0 aliphatic rings. The van der Waals surface area contributed by atoms with E-state index in [1.807, 2.05) is 0 Å². The molecule has 100 valence electrons. The highest BCUT2D eigenvalue weighted by Gasteiger charge is 2.18. The second kappa shape index (κ2) is 6.99. The average Bonchev–Trinajstić information content (AvgIpc) is 2.29. The normalized spacial score (nSPS) is 10.8. The third-order valence-electron chi connectivity index (χ3n) is 2.17. The van der Waals surface area contributed by atoms with Crippen LogP contribution in [-0.2, 0) is 21.3 Å². The van der Waals surface area contributed by atoms with Gasteiger partial charge >= 0.3 is 5.97 Å². The van der Waals surface area contributed by atoms with Crippen LogP contribution in [0.15, 0.2) is 6.07 Å². The lowest BCUT2D eigenvalue weighted by Crippen LogP contribution is -2.11. The van der Waals surface area contributed by atoms with Crippen molar-refractivity contribution in [1.29, 1.82) is 0 Å². The maximum absolute atomic E-state index is 12.6. The number of alkyl halides is 3. The molecular weight excluding hydrogens is 331 g/mol. The van der Waals surface area contributed by atoms with E-state index >= 15 is 0 Å². The first-order valence-electron chi connectivity index (χ1n) is 5.17. The van der Waals surface area contributed by atoms with Crippen LogP contribution >= 0.6 is 27.5 Å². The zero-order valence-corrected chi connectivity index (χ0v) is 11.9. The molecule has 18 heavy (non-hydrogen) atoms. The number of pyridine rings is 1. The molecule has 0 saturated heterocycles. The van der Waals surface area contributed by atoms with Crippen LogP contribution in [0, 0.1) is 0 Å². The number of rotatable bonds is 5. The summed E-state index contributed by atoms with van der Waals surface area (Å²) in [5.41, 5.74) is 0.515. The Balaban J connectivity index is 3.05. The van der Waals surface area contributed by atoms with Crippen molar-refractivity contribution in [2.24, 2.45) is 0 Å². The van der Waals surface area contributed by atoms with E-state index in [9.17, 15) is 13.6 Å². The van der Waals surface area contributed by atoms with E-state index in [1.165, 1.54) is 6.07 Å². The van der Waals surface area contributed by atoms with Crippen molar-refractivity contribution in [2.45, 2.75) is 25.1 Å². The molecule has 3 nitrogen and oxygen atoms in total. The molecule has 0 unspecified atom stereocenters. The topological polar surface area (TPSA) is 39.2 Å². The molecule has 0 fully saturated rings. The molecule has 0 aliphatic heterocycles. The standard InChI is InChI=1S/C11H11BrClF2NO2/c1-2-18-9(17)4-8-6(5-12)3-7(11(14)15)10(13)16-8/h3,11H,2,4-5H2,1H3. The summed E-state index contributed by atoms with van der Waals surface area (Å²) in [6.07, 6.45) is -2.78. The summed E-state index contributed by atoms with van der Waals surface area (Å²) in [5, 5.41) is 0.0278. The Morgan fingerprint density at radius 1 is 1.61 bits per heavy atom. The molecule has 0 radical (unpaired) electrons. The van der Waals surface area contributed by atoms with Gasteiger partial charge in [0.25, 0.3) is 6.43 Å². The largest absolute Gasteiger partial charge is 0.466 e. The number of hydrogen-bond acceptors (Lipinski definition) is 3. The SMILES string of the molecule is CCOC(=O)Cc1nc(Cl)c(C(F)F)cc1CBr. The molecule has 0 saturated carbocycles. The first-order valence-corrected chi connectivity index (χ1v) is 6.67. The van der Waals surface area contributed by atoms with Gasteiger partial charge in [0, 0.05) is 5.33 Å². The number of carbonyl (C=O) groups is 1. The lowest BCUT2D eigenvalue weighted by atomic mass is 10.1. The van der Waals surface area contributed by atoms with Crippen molar-refractivity contribution < 1.29 is 18.3 Å². The van der Waals surface area contributed by atoms with Gasteiger partial charge in [0.2, 0.25) is 0 Å². The third-order valence-corrected chi connectivity index (χ3v) is 3.07. The molecule has 0 bridgehead atoms. The molecule has 0 N–H and O–H groups in total. The first kappa shape index (κ1) is 15.3. The van der Waals surface area contributed by atoms with E-state index < -0.39 is 12.4 Å². The fraction of sp³-hybridized carbons (Fsp3) is 0.455. The van der Waals surface area contributed by atoms with E-state index in [2.05, 4.69) is 20.9 Å². The molecule has 0 aliphatic carbocycles. The van der Waals surface area contributed by atoms with E-state index in [1.54, 1.807) is 6.92 Å². The molecule has 0 amide bonds. The lowest BCUT2D eigenvalue weighted by molar-refractivity contribution is -0.142. The van der Waals surface area contributed by atoms with Crippen molar-refractivity contribution >= 4 is 33.5 Å². The van der Waals surface area contributed by atoms with Crippen molar-refractivity contribution in [3.63, 3.8) is 0 Å². The molecule has 7 heteroatoms. The molecule has 1 aromatic heterocycles. The zero-order valence-electron chi connectivity index (χ0n) is 9.55. The summed E-state index contributed by atoms with van der Waals surface area (Å²) in [6.45, 7) is 1.94. The summed E-state index contributed by atoms with van der Waals surface area (Å²) in [7, 11) is 0. The highest BCUT2D eigenvalue weighted by Crippen LogP contribution is 2.28. The average molecular weight is 343 g/mol. The first-order chi connectivity index (χ1) is 8.49. The highest BCUT2D eigenvalue weighted by atomic mass is 79.9. The number of aromatic nitrogens is 1. The Morgan fingerprint density at radius 2 is 2.28 bits per heavy atom. The van der Waals surface area contributed by atoms with Gasteiger partial charge in [-0.1, -0.05) is 27.5 Å². The minimum absolute atomic E-state index is 0.0853. The minimum Gasteiger partial charge on any atom is -0.466 e. The van der Waals surface area contributed by atoms with E-state index in [0.717, 1.165) is 0 Å². The molecular formula is C11H11BrClF2NO2. The van der Waals surface area contributed by atoms with E-state index in [-0.39, 0.29) is 23.7 Å². The molecule has 1 aromatic rings. The zero-order chi connectivity index (χ0) is 13.7. The predicted octanol–water partition coefficient (Wildman–Crippen LogP) is 3.67. The van der Waals surface area contributed by atoms with Gasteiger partial charge in [-0.25, -0.2) is 13.8 Å². The number of halogens is 4. The van der Waals surface area contributed by atoms with Gasteiger partial charge in [-0.15, -0.1) is 0 Å². The Bertz CT molecular complexity index is 443. The van der Waals surface area contributed by atoms with E-state index in [0.29, 0.717) is 16.6 Å². The van der Waals surface area contributed by atoms with Crippen LogP contribution in [0.25, 0.3) is 0 Å². The third kappa shape index (κ3) is 3.88. The maximum atomic E-state index is 12.6. The monoisotopic (exact) mass is 341 g/mol. The number of esters is 1. The number of ether oxygens (including phenoxy) is 1. The van der Waals surface area contributed by atoms with Gasteiger partial charge in [-0.05, 0) is 18.6 Å². The second-order valence-electron chi connectivity index (χ2n) is 3.39. The molecule has 1 heterocycles. The Morgan fingerprint density at radius 3 is 2.78 bits per heavy atom. The van der Waals surface area contributed by atoms with E-state index in [4.69, 9.17) is 16.3 Å². The lowest BCUT2D eigenvalue weighted by Gasteiger charge is -2.10.